The predicted molar refractivity (Wildman–Crippen MR) is 70.1 cm³/mol. The van der Waals surface area contributed by atoms with Gasteiger partial charge in [-0.15, -0.1) is 0 Å². The molecule has 1 saturated heterocycles. The Hall–Kier alpha value is -1.36. The maximum atomic E-state index is 5.75. The summed E-state index contributed by atoms with van der Waals surface area (Å²) < 4.78 is 10.8. The van der Waals surface area contributed by atoms with Gasteiger partial charge in [-0.25, -0.2) is 4.98 Å². The molecule has 5 nitrogen and oxygen atoms in total. The molecular weight excluding hydrogens is 230 g/mol. The van der Waals surface area contributed by atoms with Crippen LogP contribution in [0.2, 0.25) is 0 Å². The number of aromatic nitrogens is 2. The molecule has 1 aromatic heterocycles. The SMILES string of the molecule is CCCNc1cc(OC2COC2)nc(C(C)C)n1. The quantitative estimate of drug-likeness (QED) is 0.840. The second-order valence-electron chi connectivity index (χ2n) is 4.81. The summed E-state index contributed by atoms with van der Waals surface area (Å²) in [5, 5.41) is 3.28. The van der Waals surface area contributed by atoms with Gasteiger partial charge in [0.1, 0.15) is 17.7 Å². The molecule has 2 heterocycles. The van der Waals surface area contributed by atoms with E-state index in [1.165, 1.54) is 0 Å². The molecule has 18 heavy (non-hydrogen) atoms. The van der Waals surface area contributed by atoms with E-state index in [9.17, 15) is 0 Å². The van der Waals surface area contributed by atoms with Crippen molar-refractivity contribution in [1.82, 2.24) is 9.97 Å². The van der Waals surface area contributed by atoms with Crippen LogP contribution in [0.25, 0.3) is 0 Å². The van der Waals surface area contributed by atoms with Crippen molar-refractivity contribution in [2.75, 3.05) is 25.1 Å². The van der Waals surface area contributed by atoms with Gasteiger partial charge >= 0.3 is 0 Å². The lowest BCUT2D eigenvalue weighted by Gasteiger charge is -2.26. The zero-order chi connectivity index (χ0) is 13.0. The molecular formula is C13H21N3O2. The van der Waals surface area contributed by atoms with Crippen LogP contribution in [-0.4, -0.2) is 35.8 Å². The van der Waals surface area contributed by atoms with Gasteiger partial charge in [0.25, 0.3) is 0 Å². The summed E-state index contributed by atoms with van der Waals surface area (Å²) in [5.41, 5.74) is 0. The Kier molecular flexibility index (Phi) is 4.36. The lowest BCUT2D eigenvalue weighted by Crippen LogP contribution is -2.38. The summed E-state index contributed by atoms with van der Waals surface area (Å²) in [6, 6.07) is 1.86. The summed E-state index contributed by atoms with van der Waals surface area (Å²) in [7, 11) is 0. The van der Waals surface area contributed by atoms with E-state index in [1.54, 1.807) is 0 Å². The molecule has 0 aliphatic carbocycles. The largest absolute Gasteiger partial charge is 0.469 e. The first-order chi connectivity index (χ1) is 8.69. The highest BCUT2D eigenvalue weighted by Gasteiger charge is 2.21. The van der Waals surface area contributed by atoms with Crippen LogP contribution >= 0.6 is 0 Å². The van der Waals surface area contributed by atoms with E-state index in [1.807, 2.05) is 6.07 Å². The monoisotopic (exact) mass is 251 g/mol. The van der Waals surface area contributed by atoms with Crippen molar-refractivity contribution in [2.45, 2.75) is 39.2 Å². The third-order valence-corrected chi connectivity index (χ3v) is 2.69. The Labute approximate surface area is 108 Å². The van der Waals surface area contributed by atoms with Gasteiger partial charge in [0.15, 0.2) is 0 Å². The van der Waals surface area contributed by atoms with Crippen molar-refractivity contribution < 1.29 is 9.47 Å². The summed E-state index contributed by atoms with van der Waals surface area (Å²) in [6.45, 7) is 8.49. The van der Waals surface area contributed by atoms with E-state index in [2.05, 4.69) is 36.1 Å². The summed E-state index contributed by atoms with van der Waals surface area (Å²) in [5.74, 6) is 2.58. The molecule has 0 atom stereocenters. The highest BCUT2D eigenvalue weighted by molar-refractivity contribution is 5.38. The molecule has 0 saturated carbocycles. The van der Waals surface area contributed by atoms with Crippen LogP contribution in [-0.2, 0) is 4.74 Å². The molecule has 0 aromatic carbocycles. The van der Waals surface area contributed by atoms with Crippen LogP contribution in [0.1, 0.15) is 38.9 Å². The minimum absolute atomic E-state index is 0.138. The van der Waals surface area contributed by atoms with Crippen molar-refractivity contribution in [2.24, 2.45) is 0 Å². The molecule has 0 spiro atoms. The Bertz CT molecular complexity index is 392. The van der Waals surface area contributed by atoms with Gasteiger partial charge in [0.2, 0.25) is 5.88 Å². The Morgan fingerprint density at radius 3 is 2.78 bits per heavy atom. The fourth-order valence-electron chi connectivity index (χ4n) is 1.56. The molecule has 0 bridgehead atoms. The molecule has 5 heteroatoms. The van der Waals surface area contributed by atoms with Crippen LogP contribution in [0.4, 0.5) is 5.82 Å². The molecule has 1 aliphatic heterocycles. The number of rotatable bonds is 6. The van der Waals surface area contributed by atoms with Gasteiger partial charge in [-0.2, -0.15) is 4.98 Å². The first-order valence-corrected chi connectivity index (χ1v) is 6.56. The molecule has 100 valence electrons. The number of hydrogen-bond acceptors (Lipinski definition) is 5. The maximum absolute atomic E-state index is 5.75. The van der Waals surface area contributed by atoms with Crippen LogP contribution < -0.4 is 10.1 Å². The molecule has 1 fully saturated rings. The van der Waals surface area contributed by atoms with E-state index in [0.29, 0.717) is 19.1 Å². The van der Waals surface area contributed by atoms with Crippen molar-refractivity contribution in [3.8, 4) is 5.88 Å². The average Bonchev–Trinajstić information content (AvgIpc) is 2.31. The van der Waals surface area contributed by atoms with Gasteiger partial charge in [-0.1, -0.05) is 20.8 Å². The smallest absolute Gasteiger partial charge is 0.219 e. The van der Waals surface area contributed by atoms with Crippen molar-refractivity contribution in [3.05, 3.63) is 11.9 Å². The first kappa shape index (κ1) is 13.1. The van der Waals surface area contributed by atoms with E-state index in [0.717, 1.165) is 24.6 Å². The lowest BCUT2D eigenvalue weighted by molar-refractivity contribution is -0.0814. The molecule has 0 unspecified atom stereocenters. The number of nitrogens with zero attached hydrogens (tertiary/aromatic N) is 2. The summed E-state index contributed by atoms with van der Waals surface area (Å²) >= 11 is 0. The molecule has 1 aromatic rings. The van der Waals surface area contributed by atoms with Gasteiger partial charge in [0.05, 0.1) is 13.2 Å². The predicted octanol–water partition coefficient (Wildman–Crippen LogP) is 2.20. The minimum Gasteiger partial charge on any atom is -0.469 e. The number of hydrogen-bond donors (Lipinski definition) is 1. The maximum Gasteiger partial charge on any atom is 0.219 e. The molecule has 1 N–H and O–H groups in total. The summed E-state index contributed by atoms with van der Waals surface area (Å²) in [4.78, 5) is 8.92. The number of nitrogens with one attached hydrogen (secondary N) is 1. The van der Waals surface area contributed by atoms with E-state index in [4.69, 9.17) is 9.47 Å². The first-order valence-electron chi connectivity index (χ1n) is 6.56. The zero-order valence-corrected chi connectivity index (χ0v) is 11.3. The Morgan fingerprint density at radius 2 is 2.22 bits per heavy atom. The van der Waals surface area contributed by atoms with E-state index in [-0.39, 0.29) is 12.0 Å². The fourth-order valence-corrected chi connectivity index (χ4v) is 1.56. The van der Waals surface area contributed by atoms with Crippen molar-refractivity contribution >= 4 is 5.82 Å². The normalized spacial score (nSPS) is 15.6. The van der Waals surface area contributed by atoms with Crippen LogP contribution in [0.3, 0.4) is 0 Å². The molecule has 0 radical (unpaired) electrons. The minimum atomic E-state index is 0.138. The number of anilines is 1. The van der Waals surface area contributed by atoms with E-state index >= 15 is 0 Å². The average molecular weight is 251 g/mol. The van der Waals surface area contributed by atoms with Gasteiger partial charge < -0.3 is 14.8 Å². The Balaban J connectivity index is 2.12. The zero-order valence-electron chi connectivity index (χ0n) is 11.3. The standard InChI is InChI=1S/C13H21N3O2/c1-4-5-14-11-6-12(18-10-7-17-8-10)16-13(15-11)9(2)3/h6,9-10H,4-5,7-8H2,1-3H3,(H,14,15,16). The lowest BCUT2D eigenvalue weighted by atomic mass is 10.2. The van der Waals surface area contributed by atoms with Crippen LogP contribution in [0.15, 0.2) is 6.07 Å². The topological polar surface area (TPSA) is 56.3 Å². The third kappa shape index (κ3) is 3.32. The fraction of sp³-hybridized carbons (Fsp3) is 0.692. The van der Waals surface area contributed by atoms with Crippen molar-refractivity contribution in [3.63, 3.8) is 0 Å². The van der Waals surface area contributed by atoms with Crippen LogP contribution in [0.5, 0.6) is 5.88 Å². The van der Waals surface area contributed by atoms with E-state index < -0.39 is 0 Å². The number of ether oxygens (including phenoxy) is 2. The van der Waals surface area contributed by atoms with Gasteiger partial charge in [-0.05, 0) is 6.42 Å². The Morgan fingerprint density at radius 1 is 1.44 bits per heavy atom. The van der Waals surface area contributed by atoms with Crippen molar-refractivity contribution in [1.29, 1.82) is 0 Å². The van der Waals surface area contributed by atoms with Gasteiger partial charge in [-0.3, -0.25) is 0 Å². The molecule has 1 aliphatic rings. The van der Waals surface area contributed by atoms with Crippen LogP contribution in [0, 0.1) is 0 Å². The highest BCUT2D eigenvalue weighted by Crippen LogP contribution is 2.20. The highest BCUT2D eigenvalue weighted by atomic mass is 16.6. The van der Waals surface area contributed by atoms with Gasteiger partial charge in [0, 0.05) is 18.5 Å². The third-order valence-electron chi connectivity index (χ3n) is 2.69. The second-order valence-corrected chi connectivity index (χ2v) is 4.81. The second kappa shape index (κ2) is 6.00. The molecule has 2 rings (SSSR count). The summed E-state index contributed by atoms with van der Waals surface area (Å²) in [6.07, 6.45) is 1.20. The molecule has 0 amide bonds.